The molecule has 0 spiro atoms. The Kier molecular flexibility index (Phi) is 6.80. The van der Waals surface area contributed by atoms with Gasteiger partial charge < -0.3 is 15.9 Å². The lowest BCUT2D eigenvalue weighted by Crippen LogP contribution is -2.05. The summed E-state index contributed by atoms with van der Waals surface area (Å²) in [7, 11) is 0. The summed E-state index contributed by atoms with van der Waals surface area (Å²) in [5.41, 5.74) is 9.92. The van der Waals surface area contributed by atoms with Crippen LogP contribution in [0.2, 0.25) is 10.0 Å². The molecule has 0 heterocycles. The van der Waals surface area contributed by atoms with Crippen molar-refractivity contribution in [2.45, 2.75) is 18.4 Å². The van der Waals surface area contributed by atoms with Crippen LogP contribution in [0.1, 0.15) is 35.1 Å². The average molecular weight is 394 g/mol. The molecule has 3 rings (SSSR count). The molecule has 1 aliphatic carbocycles. The molecule has 4 N–H and O–H groups in total. The fourth-order valence-electron chi connectivity index (χ4n) is 2.86. The Morgan fingerprint density at radius 2 is 1.54 bits per heavy atom. The molecule has 7 heteroatoms. The maximum Gasteiger partial charge on any atom is 0.328 e. The van der Waals surface area contributed by atoms with E-state index in [9.17, 15) is 9.59 Å². The minimum Gasteiger partial charge on any atom is -0.478 e. The number of benzene rings is 2. The van der Waals surface area contributed by atoms with Crippen LogP contribution in [-0.2, 0) is 9.59 Å². The van der Waals surface area contributed by atoms with E-state index in [1.807, 2.05) is 24.3 Å². The zero-order valence-corrected chi connectivity index (χ0v) is 15.1. The van der Waals surface area contributed by atoms with Crippen molar-refractivity contribution < 1.29 is 19.8 Å². The maximum absolute atomic E-state index is 9.55. The van der Waals surface area contributed by atoms with Gasteiger partial charge in [0.05, 0.1) is 10.0 Å². The molecule has 0 amide bonds. The van der Waals surface area contributed by atoms with Crippen molar-refractivity contribution in [2.75, 3.05) is 0 Å². The third-order valence-corrected chi connectivity index (χ3v) is 4.71. The summed E-state index contributed by atoms with van der Waals surface area (Å²) < 4.78 is 0. The van der Waals surface area contributed by atoms with E-state index in [2.05, 4.69) is 18.2 Å². The molecule has 26 heavy (non-hydrogen) atoms. The lowest BCUT2D eigenvalue weighted by molar-refractivity contribution is -0.134. The summed E-state index contributed by atoms with van der Waals surface area (Å²) >= 11 is 12.1. The fraction of sp³-hybridized carbons (Fsp3) is 0.158. The van der Waals surface area contributed by atoms with Gasteiger partial charge in [0, 0.05) is 24.1 Å². The lowest BCUT2D eigenvalue weighted by atomic mass is 9.93. The Bertz CT molecular complexity index is 835. The van der Waals surface area contributed by atoms with Crippen molar-refractivity contribution in [3.63, 3.8) is 0 Å². The summed E-state index contributed by atoms with van der Waals surface area (Å²) in [4.78, 5) is 19.1. The van der Waals surface area contributed by atoms with Gasteiger partial charge in [0.1, 0.15) is 0 Å². The molecular formula is C19H17Cl2NO4. The van der Waals surface area contributed by atoms with Crippen LogP contribution in [-0.4, -0.2) is 22.2 Å². The Labute approximate surface area is 160 Å². The number of hydrogen-bond donors (Lipinski definition) is 3. The highest BCUT2D eigenvalue weighted by atomic mass is 35.5. The first kappa shape index (κ1) is 20.0. The second-order valence-corrected chi connectivity index (χ2v) is 6.52. The first-order valence-electron chi connectivity index (χ1n) is 7.73. The van der Waals surface area contributed by atoms with Crippen LogP contribution in [0.15, 0.2) is 54.6 Å². The molecule has 2 atom stereocenters. The highest BCUT2D eigenvalue weighted by Gasteiger charge is 2.29. The molecule has 0 aromatic heterocycles. The fourth-order valence-corrected chi connectivity index (χ4v) is 3.17. The van der Waals surface area contributed by atoms with E-state index in [1.165, 1.54) is 16.7 Å². The van der Waals surface area contributed by atoms with Crippen LogP contribution in [0.25, 0.3) is 0 Å². The maximum atomic E-state index is 9.55. The Morgan fingerprint density at radius 3 is 2.08 bits per heavy atom. The summed E-state index contributed by atoms with van der Waals surface area (Å²) in [5, 5.41) is 16.8. The van der Waals surface area contributed by atoms with Crippen LogP contribution < -0.4 is 5.73 Å². The molecule has 2 unspecified atom stereocenters. The predicted molar refractivity (Wildman–Crippen MR) is 101 cm³/mol. The van der Waals surface area contributed by atoms with Crippen LogP contribution >= 0.6 is 23.2 Å². The van der Waals surface area contributed by atoms with E-state index in [0.717, 1.165) is 6.42 Å². The molecule has 0 aliphatic heterocycles. The summed E-state index contributed by atoms with van der Waals surface area (Å²) in [6, 6.07) is 14.3. The molecule has 136 valence electrons. The average Bonchev–Trinajstić information content (AvgIpc) is 2.93. The molecule has 1 aliphatic rings. The monoisotopic (exact) mass is 393 g/mol. The van der Waals surface area contributed by atoms with E-state index in [0.29, 0.717) is 28.1 Å². The van der Waals surface area contributed by atoms with Crippen molar-refractivity contribution in [3.8, 4) is 0 Å². The van der Waals surface area contributed by atoms with Crippen LogP contribution in [0.3, 0.4) is 0 Å². The second kappa shape index (κ2) is 8.85. The molecule has 0 saturated carbocycles. The number of fused-ring (bicyclic) bond motifs is 1. The van der Waals surface area contributed by atoms with Gasteiger partial charge in [-0.15, -0.1) is 0 Å². The topological polar surface area (TPSA) is 101 Å². The minimum atomic E-state index is -1.26. The van der Waals surface area contributed by atoms with Gasteiger partial charge in [0.25, 0.3) is 0 Å². The smallest absolute Gasteiger partial charge is 0.328 e. The van der Waals surface area contributed by atoms with Crippen molar-refractivity contribution in [1.82, 2.24) is 0 Å². The van der Waals surface area contributed by atoms with Crippen molar-refractivity contribution >= 4 is 35.1 Å². The lowest BCUT2D eigenvalue weighted by Gasteiger charge is -2.12. The zero-order chi connectivity index (χ0) is 19.3. The molecule has 2 aromatic carbocycles. The number of aliphatic carboxylic acids is 2. The van der Waals surface area contributed by atoms with Gasteiger partial charge in [-0.1, -0.05) is 53.5 Å². The Balaban J connectivity index is 0.000000260. The van der Waals surface area contributed by atoms with E-state index in [4.69, 9.17) is 39.1 Å². The van der Waals surface area contributed by atoms with Gasteiger partial charge in [-0.3, -0.25) is 0 Å². The molecule has 0 bridgehead atoms. The number of halogens is 2. The molecule has 0 radical (unpaired) electrons. The molecule has 2 aromatic rings. The number of carbonyl (C=O) groups is 2. The SMILES string of the molecule is NC1CC(c2ccc(Cl)c(Cl)c2)c2ccccc21.O=C(O)/C=C\C(=O)O. The number of nitrogens with two attached hydrogens (primary N) is 1. The Morgan fingerprint density at radius 1 is 0.962 bits per heavy atom. The summed E-state index contributed by atoms with van der Waals surface area (Å²) in [5.74, 6) is -2.19. The first-order valence-corrected chi connectivity index (χ1v) is 8.48. The number of carboxylic acids is 2. The van der Waals surface area contributed by atoms with Gasteiger partial charge >= 0.3 is 11.9 Å². The largest absolute Gasteiger partial charge is 0.478 e. The second-order valence-electron chi connectivity index (χ2n) is 5.71. The molecular weight excluding hydrogens is 377 g/mol. The number of carboxylic acid groups (broad SMARTS) is 2. The molecule has 5 nitrogen and oxygen atoms in total. The van der Waals surface area contributed by atoms with E-state index < -0.39 is 11.9 Å². The normalized spacial score (nSPS) is 18.1. The van der Waals surface area contributed by atoms with E-state index >= 15 is 0 Å². The van der Waals surface area contributed by atoms with Crippen molar-refractivity contribution in [1.29, 1.82) is 0 Å². The Hall–Kier alpha value is -2.34. The zero-order valence-electron chi connectivity index (χ0n) is 13.6. The van der Waals surface area contributed by atoms with Crippen molar-refractivity contribution in [2.24, 2.45) is 5.73 Å². The third kappa shape index (κ3) is 5.08. The van der Waals surface area contributed by atoms with E-state index in [1.54, 1.807) is 0 Å². The number of rotatable bonds is 3. The number of hydrogen-bond acceptors (Lipinski definition) is 3. The predicted octanol–water partition coefficient (Wildman–Crippen LogP) is 4.24. The van der Waals surface area contributed by atoms with Crippen LogP contribution in [0.5, 0.6) is 0 Å². The van der Waals surface area contributed by atoms with Gasteiger partial charge in [0.2, 0.25) is 0 Å². The minimum absolute atomic E-state index is 0.112. The van der Waals surface area contributed by atoms with Gasteiger partial charge in [-0.25, -0.2) is 9.59 Å². The summed E-state index contributed by atoms with van der Waals surface area (Å²) in [6.45, 7) is 0. The van der Waals surface area contributed by atoms with Gasteiger partial charge in [0.15, 0.2) is 0 Å². The van der Waals surface area contributed by atoms with Crippen molar-refractivity contribution in [3.05, 3.63) is 81.4 Å². The van der Waals surface area contributed by atoms with Gasteiger partial charge in [-0.05, 0) is 35.2 Å². The summed E-state index contributed by atoms with van der Waals surface area (Å²) in [6.07, 6.45) is 2.04. The molecule has 0 saturated heterocycles. The highest BCUT2D eigenvalue weighted by molar-refractivity contribution is 6.42. The molecule has 0 fully saturated rings. The van der Waals surface area contributed by atoms with Gasteiger partial charge in [-0.2, -0.15) is 0 Å². The standard InChI is InChI=1S/C15H13Cl2N.C4H4O4/c16-13-6-5-9(7-14(13)17)12-8-15(18)11-4-2-1-3-10(11)12;5-3(6)1-2-4(7)8/h1-7,12,15H,8,18H2;1-2H,(H,5,6)(H,7,8)/b;2-1-. The van der Waals surface area contributed by atoms with Crippen LogP contribution in [0.4, 0.5) is 0 Å². The quantitative estimate of drug-likeness (QED) is 0.676. The van der Waals surface area contributed by atoms with E-state index in [-0.39, 0.29) is 6.04 Å². The first-order chi connectivity index (χ1) is 12.3. The third-order valence-electron chi connectivity index (χ3n) is 3.98. The van der Waals surface area contributed by atoms with Crippen LogP contribution in [0, 0.1) is 0 Å². The highest BCUT2D eigenvalue weighted by Crippen LogP contribution is 2.43.